The molecular weight excluding hydrogens is 270 g/mol. The molecule has 0 atom stereocenters. The van der Waals surface area contributed by atoms with Gasteiger partial charge in [-0.1, -0.05) is 0 Å². The number of hydrogen-bond acceptors (Lipinski definition) is 6. The van der Waals surface area contributed by atoms with Crippen LogP contribution in [0.2, 0.25) is 5.28 Å². The van der Waals surface area contributed by atoms with E-state index in [1.807, 2.05) is 13.8 Å². The molecule has 19 heavy (non-hydrogen) atoms. The number of anilines is 1. The molecule has 1 N–H and O–H groups in total. The first-order valence-corrected chi connectivity index (χ1v) is 6.26. The second-order valence-electron chi connectivity index (χ2n) is 4.44. The number of carbonyl (C=O) groups is 1. The van der Waals surface area contributed by atoms with E-state index in [0.29, 0.717) is 12.2 Å². The molecule has 0 unspecified atom stereocenters. The number of aromatic nitrogens is 2. The Morgan fingerprint density at radius 3 is 2.79 bits per heavy atom. The first-order valence-electron chi connectivity index (χ1n) is 5.88. The molecule has 0 aliphatic carbocycles. The molecule has 0 aliphatic rings. The van der Waals surface area contributed by atoms with Gasteiger partial charge in [-0.15, -0.1) is 0 Å². The van der Waals surface area contributed by atoms with E-state index in [1.165, 1.54) is 6.20 Å². The normalized spacial score (nSPS) is 11.2. The number of carbonyl (C=O) groups excluding carboxylic acids is 1. The van der Waals surface area contributed by atoms with Crippen molar-refractivity contribution in [2.45, 2.75) is 26.4 Å². The second-order valence-corrected chi connectivity index (χ2v) is 4.78. The maximum atomic E-state index is 11.8. The highest BCUT2D eigenvalue weighted by atomic mass is 35.5. The van der Waals surface area contributed by atoms with Crippen molar-refractivity contribution in [2.75, 3.05) is 25.6 Å². The fraction of sp³-hybridized carbons (Fsp3) is 0.583. The highest BCUT2D eigenvalue weighted by molar-refractivity contribution is 6.28. The zero-order valence-corrected chi connectivity index (χ0v) is 12.2. The van der Waals surface area contributed by atoms with E-state index in [-0.39, 0.29) is 23.2 Å². The van der Waals surface area contributed by atoms with Gasteiger partial charge >= 0.3 is 5.97 Å². The predicted molar refractivity (Wildman–Crippen MR) is 72.6 cm³/mol. The van der Waals surface area contributed by atoms with Crippen LogP contribution in [0.3, 0.4) is 0 Å². The second kappa shape index (κ2) is 6.68. The quantitative estimate of drug-likeness (QED) is 0.638. The third-order valence-corrected chi connectivity index (χ3v) is 2.67. The van der Waals surface area contributed by atoms with E-state index >= 15 is 0 Å². The predicted octanol–water partition coefficient (Wildman–Crippen LogP) is 2.14. The van der Waals surface area contributed by atoms with Gasteiger partial charge in [0.15, 0.2) is 5.69 Å². The number of nitrogens with one attached hydrogen (secondary N) is 1. The number of esters is 1. The molecule has 0 radical (unpaired) electrons. The molecule has 0 spiro atoms. The lowest BCUT2D eigenvalue weighted by Crippen LogP contribution is -2.32. The highest BCUT2D eigenvalue weighted by Crippen LogP contribution is 2.17. The Morgan fingerprint density at radius 1 is 1.53 bits per heavy atom. The molecule has 0 saturated heterocycles. The Balaban J connectivity index is 2.91. The molecule has 1 aromatic rings. The van der Waals surface area contributed by atoms with Gasteiger partial charge in [0.05, 0.1) is 24.1 Å². The van der Waals surface area contributed by atoms with E-state index in [2.05, 4.69) is 15.3 Å². The van der Waals surface area contributed by atoms with Crippen LogP contribution in [0.15, 0.2) is 6.20 Å². The average molecular weight is 288 g/mol. The Hall–Kier alpha value is -1.40. The van der Waals surface area contributed by atoms with Crippen molar-refractivity contribution in [1.29, 1.82) is 0 Å². The highest BCUT2D eigenvalue weighted by Gasteiger charge is 2.20. The van der Waals surface area contributed by atoms with Crippen LogP contribution in [-0.4, -0.2) is 41.8 Å². The molecular formula is C12H18ClN3O3. The van der Waals surface area contributed by atoms with Crippen molar-refractivity contribution < 1.29 is 14.3 Å². The lowest BCUT2D eigenvalue weighted by Gasteiger charge is -2.24. The van der Waals surface area contributed by atoms with Crippen molar-refractivity contribution in [3.05, 3.63) is 17.2 Å². The largest absolute Gasteiger partial charge is 0.461 e. The Kier molecular flexibility index (Phi) is 5.50. The average Bonchev–Trinajstić information content (AvgIpc) is 2.37. The Bertz CT molecular complexity index is 452. The van der Waals surface area contributed by atoms with Gasteiger partial charge in [-0.3, -0.25) is 0 Å². The monoisotopic (exact) mass is 287 g/mol. The summed E-state index contributed by atoms with van der Waals surface area (Å²) in [6.45, 7) is 6.31. The number of rotatable bonds is 6. The van der Waals surface area contributed by atoms with Gasteiger partial charge in [0, 0.05) is 13.7 Å². The molecule has 0 bridgehead atoms. The summed E-state index contributed by atoms with van der Waals surface area (Å²) in [6, 6.07) is 0. The van der Waals surface area contributed by atoms with Crippen LogP contribution < -0.4 is 5.32 Å². The minimum Gasteiger partial charge on any atom is -0.461 e. The molecule has 106 valence electrons. The Labute approximate surface area is 117 Å². The summed E-state index contributed by atoms with van der Waals surface area (Å²) < 4.78 is 10.2. The third kappa shape index (κ3) is 4.65. The first-order chi connectivity index (χ1) is 8.89. The molecule has 0 amide bonds. The van der Waals surface area contributed by atoms with Gasteiger partial charge in [0.1, 0.15) is 0 Å². The first kappa shape index (κ1) is 15.7. The minimum atomic E-state index is -0.537. The van der Waals surface area contributed by atoms with Gasteiger partial charge in [0.2, 0.25) is 5.28 Å². The maximum absolute atomic E-state index is 11.8. The van der Waals surface area contributed by atoms with Gasteiger partial charge < -0.3 is 14.8 Å². The molecule has 7 heteroatoms. The molecule has 0 aliphatic heterocycles. The molecule has 0 fully saturated rings. The number of halogens is 1. The van der Waals surface area contributed by atoms with Crippen molar-refractivity contribution in [1.82, 2.24) is 9.97 Å². The van der Waals surface area contributed by atoms with Crippen molar-refractivity contribution in [3.8, 4) is 0 Å². The number of ether oxygens (including phenoxy) is 2. The van der Waals surface area contributed by atoms with E-state index in [4.69, 9.17) is 21.1 Å². The Morgan fingerprint density at radius 2 is 2.21 bits per heavy atom. The van der Waals surface area contributed by atoms with Gasteiger partial charge in [-0.05, 0) is 32.4 Å². The summed E-state index contributed by atoms with van der Waals surface area (Å²) in [5.74, 6) is -0.537. The van der Waals surface area contributed by atoms with Crippen LogP contribution in [-0.2, 0) is 9.47 Å². The van der Waals surface area contributed by atoms with Crippen LogP contribution in [0.1, 0.15) is 31.3 Å². The maximum Gasteiger partial charge on any atom is 0.359 e. The van der Waals surface area contributed by atoms with Crippen LogP contribution in [0.25, 0.3) is 0 Å². The van der Waals surface area contributed by atoms with E-state index in [9.17, 15) is 4.79 Å². The molecule has 6 nitrogen and oxygen atoms in total. The van der Waals surface area contributed by atoms with Crippen molar-refractivity contribution in [2.24, 2.45) is 0 Å². The SMILES string of the molecule is CCOC(=O)c1nc(Cl)ncc1NCC(C)(C)OC. The summed E-state index contributed by atoms with van der Waals surface area (Å²) in [5, 5.41) is 3.06. The summed E-state index contributed by atoms with van der Waals surface area (Å²) in [4.78, 5) is 19.5. The summed E-state index contributed by atoms with van der Waals surface area (Å²) in [7, 11) is 1.62. The smallest absolute Gasteiger partial charge is 0.359 e. The third-order valence-electron chi connectivity index (χ3n) is 2.49. The molecule has 1 heterocycles. The van der Waals surface area contributed by atoms with E-state index in [1.54, 1.807) is 14.0 Å². The lowest BCUT2D eigenvalue weighted by molar-refractivity contribution is 0.0342. The fourth-order valence-corrected chi connectivity index (χ4v) is 1.36. The van der Waals surface area contributed by atoms with Crippen LogP contribution in [0.4, 0.5) is 5.69 Å². The number of methoxy groups -OCH3 is 1. The molecule has 1 rings (SSSR count). The van der Waals surface area contributed by atoms with Gasteiger partial charge in [0.25, 0.3) is 0 Å². The van der Waals surface area contributed by atoms with Crippen LogP contribution >= 0.6 is 11.6 Å². The van der Waals surface area contributed by atoms with Crippen molar-refractivity contribution >= 4 is 23.3 Å². The molecule has 1 aromatic heterocycles. The molecule has 0 aromatic carbocycles. The summed E-state index contributed by atoms with van der Waals surface area (Å²) in [6.07, 6.45) is 1.45. The summed E-state index contributed by atoms with van der Waals surface area (Å²) >= 11 is 5.70. The zero-order valence-electron chi connectivity index (χ0n) is 11.5. The van der Waals surface area contributed by atoms with Gasteiger partial charge in [-0.25, -0.2) is 14.8 Å². The topological polar surface area (TPSA) is 73.3 Å². The minimum absolute atomic E-state index is 0.000366. The summed E-state index contributed by atoms with van der Waals surface area (Å²) in [5.41, 5.74) is 0.202. The molecule has 0 saturated carbocycles. The van der Waals surface area contributed by atoms with E-state index in [0.717, 1.165) is 0 Å². The zero-order chi connectivity index (χ0) is 14.5. The van der Waals surface area contributed by atoms with Gasteiger partial charge in [-0.2, -0.15) is 0 Å². The number of hydrogen-bond donors (Lipinski definition) is 1. The lowest BCUT2D eigenvalue weighted by atomic mass is 10.1. The van der Waals surface area contributed by atoms with E-state index < -0.39 is 5.97 Å². The standard InChI is InChI=1S/C12H18ClN3O3/c1-5-19-10(17)9-8(6-14-11(13)16-9)15-7-12(2,3)18-4/h6,15H,5,7H2,1-4H3. The van der Waals surface area contributed by atoms with Crippen molar-refractivity contribution in [3.63, 3.8) is 0 Å². The fourth-order valence-electron chi connectivity index (χ4n) is 1.22. The van der Waals surface area contributed by atoms with Crippen LogP contribution in [0.5, 0.6) is 0 Å². The van der Waals surface area contributed by atoms with Crippen LogP contribution in [0, 0.1) is 0 Å². The number of nitrogens with zero attached hydrogens (tertiary/aromatic N) is 2.